The highest BCUT2D eigenvalue weighted by molar-refractivity contribution is 9.15. The van der Waals surface area contributed by atoms with Crippen LogP contribution in [0.15, 0.2) is 89.5 Å². The predicted molar refractivity (Wildman–Crippen MR) is 205 cm³/mol. The highest BCUT2D eigenvalue weighted by Gasteiger charge is 2.29. The summed E-state index contributed by atoms with van der Waals surface area (Å²) in [5.74, 6) is 1.09. The van der Waals surface area contributed by atoms with Crippen LogP contribution < -0.4 is 0 Å². The maximum Gasteiger partial charge on any atom is 0.295 e. The summed E-state index contributed by atoms with van der Waals surface area (Å²) < 4.78 is 40.2. The molecule has 2 aliphatic heterocycles. The molecule has 0 atom stereocenters. The number of halogens is 5. The lowest BCUT2D eigenvalue weighted by molar-refractivity contribution is 0.483. The van der Waals surface area contributed by atoms with Gasteiger partial charge in [-0.15, -0.1) is 0 Å². The lowest BCUT2D eigenvalue weighted by atomic mass is 10.1. The van der Waals surface area contributed by atoms with Gasteiger partial charge in [-0.2, -0.15) is 8.42 Å². The minimum Gasteiger partial charge on any atom is -0.324 e. The summed E-state index contributed by atoms with van der Waals surface area (Å²) in [5, 5.41) is 2.83. The van der Waals surface area contributed by atoms with Crippen molar-refractivity contribution in [3.8, 4) is 45.6 Å². The number of nitrogens with zero attached hydrogens (tertiary/aromatic N) is 7. The first-order valence-electron chi connectivity index (χ1n) is 14.2. The average Bonchev–Trinajstić information content (AvgIpc) is 3.80. The second kappa shape index (κ2) is 11.3. The Bertz CT molecular complexity index is 2950. The Morgan fingerprint density at radius 1 is 0.571 bits per heavy atom. The molecule has 0 saturated carbocycles. The van der Waals surface area contributed by atoms with Crippen LogP contribution in [-0.4, -0.2) is 51.5 Å². The van der Waals surface area contributed by atoms with Crippen molar-refractivity contribution in [2.75, 3.05) is 0 Å². The van der Waals surface area contributed by atoms with Crippen LogP contribution in [0.4, 0.5) is 0 Å². The van der Waals surface area contributed by atoms with E-state index in [2.05, 4.69) is 84.9 Å². The van der Waals surface area contributed by atoms with Gasteiger partial charge in [-0.05, 0) is 69.8 Å². The number of aromatic nitrogens is 8. The maximum absolute atomic E-state index is 12.7. The molecule has 2 aliphatic rings. The molecular weight excluding hydrogens is 976 g/mol. The SMILES string of the molecule is O=S(=O)(O)c1cccc2c1-c1nc-2nc2c3ccccc3c(nc3nc(nc4[nH]c(n1)c1c(Br)c(Br)c(Br)c(Br)c41)-c1ccccc1-3)n2Br. The Balaban J connectivity index is 1.57. The van der Waals surface area contributed by atoms with Crippen LogP contribution >= 0.6 is 79.9 Å². The van der Waals surface area contributed by atoms with Crippen molar-refractivity contribution in [1.29, 1.82) is 0 Å². The second-order valence-electron chi connectivity index (χ2n) is 11.0. The zero-order valence-corrected chi connectivity index (χ0v) is 32.8. The predicted octanol–water partition coefficient (Wildman–Crippen LogP) is 9.80. The molecule has 240 valence electrons. The largest absolute Gasteiger partial charge is 0.324 e. The summed E-state index contributed by atoms with van der Waals surface area (Å²) in [6, 6.07) is 19.9. The fraction of sp³-hybridized carbons (Fsp3) is 0. The van der Waals surface area contributed by atoms with Gasteiger partial charge < -0.3 is 4.98 Å². The highest BCUT2D eigenvalue weighted by Crippen LogP contribution is 2.47. The number of fused-ring (bicyclic) bond motifs is 20. The van der Waals surface area contributed by atoms with Gasteiger partial charge in [-0.3, -0.25) is 4.55 Å². The summed E-state index contributed by atoms with van der Waals surface area (Å²) in [4.78, 5) is 32.6. The third kappa shape index (κ3) is 4.73. The quantitative estimate of drug-likeness (QED) is 0.0930. The molecule has 5 heterocycles. The molecule has 0 saturated heterocycles. The van der Waals surface area contributed by atoms with Crippen LogP contribution in [0.3, 0.4) is 0 Å². The summed E-state index contributed by atoms with van der Waals surface area (Å²) in [5.41, 5.74) is 3.78. The summed E-state index contributed by atoms with van der Waals surface area (Å²) in [7, 11) is -4.69. The summed E-state index contributed by atoms with van der Waals surface area (Å²) in [6.45, 7) is 0. The van der Waals surface area contributed by atoms with Gasteiger partial charge in [0.25, 0.3) is 10.1 Å². The molecule has 2 N–H and O–H groups in total. The molecule has 0 aliphatic carbocycles. The number of hydrogen-bond acceptors (Lipinski definition) is 8. The summed E-state index contributed by atoms with van der Waals surface area (Å²) in [6.07, 6.45) is 0. The van der Waals surface area contributed by atoms with Gasteiger partial charge in [-0.25, -0.2) is 33.5 Å². The molecule has 8 bridgehead atoms. The normalized spacial score (nSPS) is 12.4. The van der Waals surface area contributed by atoms with E-state index in [1.165, 1.54) is 12.1 Å². The van der Waals surface area contributed by atoms with Crippen LogP contribution in [0.25, 0.3) is 89.7 Å². The third-order valence-corrected chi connectivity index (χ3v) is 14.6. The average molecular weight is 989 g/mol. The number of aromatic amines is 1. The van der Waals surface area contributed by atoms with E-state index in [0.29, 0.717) is 64.0 Å². The molecule has 0 spiro atoms. The molecule has 0 unspecified atom stereocenters. The van der Waals surface area contributed by atoms with Gasteiger partial charge in [0.05, 0.1) is 21.7 Å². The minimum atomic E-state index is -4.69. The van der Waals surface area contributed by atoms with E-state index in [4.69, 9.17) is 29.9 Å². The van der Waals surface area contributed by atoms with E-state index in [9.17, 15) is 13.0 Å². The smallest absolute Gasteiger partial charge is 0.295 e. The number of rotatable bonds is 1. The molecule has 0 fully saturated rings. The lowest BCUT2D eigenvalue weighted by Crippen LogP contribution is -2.01. The molecule has 11 nitrogen and oxygen atoms in total. The maximum atomic E-state index is 12.7. The number of H-pyrrole nitrogens is 1. The molecule has 4 aromatic carbocycles. The molecule has 17 heteroatoms. The van der Waals surface area contributed by atoms with Crippen molar-refractivity contribution < 1.29 is 13.0 Å². The van der Waals surface area contributed by atoms with E-state index < -0.39 is 10.1 Å². The van der Waals surface area contributed by atoms with Crippen LogP contribution in [-0.2, 0) is 10.1 Å². The first-order valence-corrected chi connectivity index (χ1v) is 19.5. The minimum absolute atomic E-state index is 0.0203. The molecule has 7 aromatic rings. The van der Waals surface area contributed by atoms with Gasteiger partial charge in [0.2, 0.25) is 0 Å². The van der Waals surface area contributed by atoms with Crippen LogP contribution in [0.2, 0.25) is 0 Å². The van der Waals surface area contributed by atoms with Crippen molar-refractivity contribution in [3.05, 3.63) is 84.6 Å². The molecule has 0 radical (unpaired) electrons. The van der Waals surface area contributed by atoms with E-state index in [-0.39, 0.29) is 22.1 Å². The topological polar surface area (TPSA) is 152 Å². The molecule has 49 heavy (non-hydrogen) atoms. The Kier molecular flexibility index (Phi) is 7.26. The Morgan fingerprint density at radius 3 is 1.61 bits per heavy atom. The lowest BCUT2D eigenvalue weighted by Gasteiger charge is -2.06. The molecule has 3 aromatic heterocycles. The molecular formula is C32H13Br5N8O3S. The van der Waals surface area contributed by atoms with Gasteiger partial charge in [0.15, 0.2) is 34.6 Å². The fourth-order valence-electron chi connectivity index (χ4n) is 6.10. The Morgan fingerprint density at radius 2 is 1.04 bits per heavy atom. The van der Waals surface area contributed by atoms with Gasteiger partial charge in [-0.1, -0.05) is 60.7 Å². The number of nitrogens with one attached hydrogen (secondary N) is 1. The fourth-order valence-corrected chi connectivity index (χ4v) is 9.84. The van der Waals surface area contributed by atoms with Crippen LogP contribution in [0, 0.1) is 0 Å². The Hall–Kier alpha value is -3.45. The van der Waals surface area contributed by atoms with Crippen molar-refractivity contribution in [2.24, 2.45) is 0 Å². The summed E-state index contributed by atoms with van der Waals surface area (Å²) >= 11 is 18.4. The monoisotopic (exact) mass is 984 g/mol. The van der Waals surface area contributed by atoms with Crippen molar-refractivity contribution in [1.82, 2.24) is 38.5 Å². The zero-order valence-electron chi connectivity index (χ0n) is 24.0. The van der Waals surface area contributed by atoms with Gasteiger partial charge >= 0.3 is 0 Å². The van der Waals surface area contributed by atoms with Crippen LogP contribution in [0.5, 0.6) is 0 Å². The standard InChI is InChI=1S/C32H13Br5N8O3S/c33-21-19-20(22(34)24(36)23(21)35)30-41-28-18-16(10-5-11-17(18)49(46,47)48)27(40-28)44-32-15-9-4-3-8-14(15)31(45(32)37)43-26-13-7-2-1-6-12(13)25(38-26)39-29(19)42-30/h1-11H,(H,46,47,48)(H,38,39,40,41,42,43,44). The van der Waals surface area contributed by atoms with E-state index >= 15 is 0 Å². The zero-order chi connectivity index (χ0) is 33.9. The van der Waals surface area contributed by atoms with Gasteiger partial charge in [0, 0.05) is 56.1 Å². The third-order valence-electron chi connectivity index (χ3n) is 8.22. The Labute approximate surface area is 317 Å². The molecule has 0 amide bonds. The molecule has 9 rings (SSSR count). The number of hydrogen-bond donors (Lipinski definition) is 2. The van der Waals surface area contributed by atoms with Crippen LogP contribution in [0.1, 0.15) is 0 Å². The van der Waals surface area contributed by atoms with Crippen molar-refractivity contribution in [3.63, 3.8) is 0 Å². The number of benzene rings is 4. The first kappa shape index (κ1) is 31.5. The second-order valence-corrected chi connectivity index (χ2v) is 16.2. The van der Waals surface area contributed by atoms with E-state index in [1.54, 1.807) is 9.66 Å². The highest BCUT2D eigenvalue weighted by atomic mass is 79.9. The van der Waals surface area contributed by atoms with E-state index in [1.807, 2.05) is 48.5 Å². The van der Waals surface area contributed by atoms with Crippen molar-refractivity contribution >= 4 is 134 Å². The van der Waals surface area contributed by atoms with E-state index in [0.717, 1.165) is 26.4 Å². The first-order chi connectivity index (χ1) is 23.5. The van der Waals surface area contributed by atoms with Gasteiger partial charge in [0.1, 0.15) is 16.2 Å². The van der Waals surface area contributed by atoms with Crippen molar-refractivity contribution in [2.45, 2.75) is 4.90 Å².